The van der Waals surface area contributed by atoms with Gasteiger partial charge < -0.3 is 14.0 Å². The molecule has 33 heavy (non-hydrogen) atoms. The molecule has 1 saturated heterocycles. The molecule has 0 bridgehead atoms. The third kappa shape index (κ3) is 5.33. The summed E-state index contributed by atoms with van der Waals surface area (Å²) in [6.07, 6.45) is 0. The second kappa shape index (κ2) is 9.11. The molecular formula is C22H26BCl2NO6S. The highest BCUT2D eigenvalue weighted by Gasteiger charge is 2.52. The first-order chi connectivity index (χ1) is 15.1. The van der Waals surface area contributed by atoms with Gasteiger partial charge in [0.1, 0.15) is 11.5 Å². The molecule has 0 radical (unpaired) electrons. The molecule has 1 N–H and O–H groups in total. The SMILES string of the molecule is CC(=O)OCc1cc(Cl)cc(S(=O)(=O)Nc2cccc(B3OC(C)(C)C(C)(C)O3)c2C)c1Cl. The summed E-state index contributed by atoms with van der Waals surface area (Å²) in [5.74, 6) is -0.524. The lowest BCUT2D eigenvalue weighted by molar-refractivity contribution is -0.142. The molecule has 2 aromatic carbocycles. The zero-order valence-corrected chi connectivity index (χ0v) is 21.6. The summed E-state index contributed by atoms with van der Waals surface area (Å²) >= 11 is 12.5. The number of ether oxygens (including phenoxy) is 1. The molecule has 0 aromatic heterocycles. The molecule has 1 aliphatic rings. The lowest BCUT2D eigenvalue weighted by atomic mass is 9.76. The number of carbonyl (C=O) groups excluding carboxylic acids is 1. The number of halogens is 2. The third-order valence-electron chi connectivity index (χ3n) is 5.93. The molecule has 0 amide bonds. The standard InChI is InChI=1S/C22H26BCl2NO6S/c1-13-17(23-31-21(3,4)22(5,6)32-23)8-7-9-18(13)26-33(28,29)19-11-16(24)10-15(20(19)25)12-30-14(2)27/h7-11,26H,12H2,1-6H3. The van der Waals surface area contributed by atoms with Gasteiger partial charge in [0.05, 0.1) is 21.9 Å². The summed E-state index contributed by atoms with van der Waals surface area (Å²) in [6, 6.07) is 7.89. The van der Waals surface area contributed by atoms with Crippen LogP contribution in [-0.4, -0.2) is 32.7 Å². The van der Waals surface area contributed by atoms with Gasteiger partial charge in [-0.2, -0.15) is 0 Å². The predicted molar refractivity (Wildman–Crippen MR) is 130 cm³/mol. The van der Waals surface area contributed by atoms with Crippen LogP contribution in [0.1, 0.15) is 45.7 Å². The van der Waals surface area contributed by atoms with Crippen molar-refractivity contribution in [2.45, 2.75) is 64.2 Å². The molecule has 7 nitrogen and oxygen atoms in total. The van der Waals surface area contributed by atoms with E-state index in [0.29, 0.717) is 16.7 Å². The van der Waals surface area contributed by atoms with Crippen LogP contribution in [0.4, 0.5) is 5.69 Å². The van der Waals surface area contributed by atoms with Crippen molar-refractivity contribution in [2.24, 2.45) is 0 Å². The number of nitrogens with one attached hydrogen (secondary N) is 1. The first-order valence-electron chi connectivity index (χ1n) is 10.2. The first-order valence-corrected chi connectivity index (χ1v) is 12.5. The van der Waals surface area contributed by atoms with Gasteiger partial charge in [0.25, 0.3) is 10.0 Å². The summed E-state index contributed by atoms with van der Waals surface area (Å²) in [4.78, 5) is 10.9. The van der Waals surface area contributed by atoms with Gasteiger partial charge in [0.15, 0.2) is 0 Å². The van der Waals surface area contributed by atoms with E-state index < -0.39 is 34.3 Å². The van der Waals surface area contributed by atoms with Gasteiger partial charge in [-0.3, -0.25) is 9.52 Å². The molecule has 3 rings (SSSR count). The van der Waals surface area contributed by atoms with E-state index in [0.717, 1.165) is 0 Å². The number of hydrogen-bond acceptors (Lipinski definition) is 6. The number of esters is 1. The molecule has 0 atom stereocenters. The Labute approximate surface area is 204 Å². The Morgan fingerprint density at radius 3 is 2.30 bits per heavy atom. The van der Waals surface area contributed by atoms with E-state index in [9.17, 15) is 13.2 Å². The van der Waals surface area contributed by atoms with E-state index in [1.54, 1.807) is 19.1 Å². The van der Waals surface area contributed by atoms with Crippen LogP contribution in [0, 0.1) is 6.92 Å². The van der Waals surface area contributed by atoms with Crippen molar-refractivity contribution in [1.29, 1.82) is 0 Å². The Morgan fingerprint density at radius 1 is 1.12 bits per heavy atom. The van der Waals surface area contributed by atoms with Crippen LogP contribution >= 0.6 is 23.2 Å². The molecule has 2 aromatic rings. The minimum Gasteiger partial charge on any atom is -0.461 e. The molecule has 11 heteroatoms. The van der Waals surface area contributed by atoms with Crippen LogP contribution in [0.3, 0.4) is 0 Å². The zero-order valence-electron chi connectivity index (χ0n) is 19.3. The number of sulfonamides is 1. The Hall–Kier alpha value is -1.78. The average Bonchev–Trinajstić information content (AvgIpc) is 2.90. The fraction of sp³-hybridized carbons (Fsp3) is 0.409. The summed E-state index contributed by atoms with van der Waals surface area (Å²) in [6.45, 7) is 10.6. The smallest absolute Gasteiger partial charge is 0.461 e. The van der Waals surface area contributed by atoms with E-state index in [4.69, 9.17) is 37.2 Å². The maximum atomic E-state index is 13.2. The molecule has 0 unspecified atom stereocenters. The van der Waals surface area contributed by atoms with Crippen LogP contribution in [0.25, 0.3) is 0 Å². The van der Waals surface area contributed by atoms with Crippen LogP contribution in [0.15, 0.2) is 35.2 Å². The van der Waals surface area contributed by atoms with E-state index in [1.807, 2.05) is 33.8 Å². The maximum absolute atomic E-state index is 13.2. The van der Waals surface area contributed by atoms with Gasteiger partial charge in [-0.05, 0) is 63.8 Å². The lowest BCUT2D eigenvalue weighted by Gasteiger charge is -2.32. The average molecular weight is 514 g/mol. The van der Waals surface area contributed by atoms with E-state index >= 15 is 0 Å². The van der Waals surface area contributed by atoms with Crippen molar-refractivity contribution in [1.82, 2.24) is 0 Å². The van der Waals surface area contributed by atoms with Crippen molar-refractivity contribution < 1.29 is 27.3 Å². The van der Waals surface area contributed by atoms with Gasteiger partial charge in [-0.1, -0.05) is 35.3 Å². The van der Waals surface area contributed by atoms with Crippen LogP contribution in [0.5, 0.6) is 0 Å². The summed E-state index contributed by atoms with van der Waals surface area (Å²) in [5.41, 5.74) is 0.917. The topological polar surface area (TPSA) is 90.9 Å². The maximum Gasteiger partial charge on any atom is 0.495 e. The molecule has 1 heterocycles. The second-order valence-electron chi connectivity index (χ2n) is 8.87. The highest BCUT2D eigenvalue weighted by molar-refractivity contribution is 7.92. The van der Waals surface area contributed by atoms with Gasteiger partial charge in [-0.25, -0.2) is 8.42 Å². The number of carbonyl (C=O) groups is 1. The monoisotopic (exact) mass is 513 g/mol. The lowest BCUT2D eigenvalue weighted by Crippen LogP contribution is -2.41. The van der Waals surface area contributed by atoms with Gasteiger partial charge >= 0.3 is 13.1 Å². The molecule has 0 saturated carbocycles. The third-order valence-corrected chi connectivity index (χ3v) is 8.09. The predicted octanol–water partition coefficient (Wildman–Crippen LogP) is 4.46. The Morgan fingerprint density at radius 2 is 1.73 bits per heavy atom. The fourth-order valence-electron chi connectivity index (χ4n) is 3.29. The largest absolute Gasteiger partial charge is 0.495 e. The minimum atomic E-state index is -4.12. The Balaban J connectivity index is 1.95. The number of anilines is 1. The summed E-state index contributed by atoms with van der Waals surface area (Å²) < 4.78 is 46.2. The molecule has 178 valence electrons. The second-order valence-corrected chi connectivity index (χ2v) is 11.3. The van der Waals surface area contributed by atoms with Crippen molar-refractivity contribution in [3.63, 3.8) is 0 Å². The van der Waals surface area contributed by atoms with Gasteiger partial charge in [-0.15, -0.1) is 0 Å². The number of benzene rings is 2. The zero-order chi connectivity index (χ0) is 24.8. The molecular weight excluding hydrogens is 488 g/mol. The normalized spacial score (nSPS) is 17.2. The van der Waals surface area contributed by atoms with E-state index in [2.05, 4.69) is 4.72 Å². The van der Waals surface area contributed by atoms with Crippen LogP contribution < -0.4 is 10.2 Å². The van der Waals surface area contributed by atoms with Crippen molar-refractivity contribution in [2.75, 3.05) is 4.72 Å². The summed E-state index contributed by atoms with van der Waals surface area (Å²) in [5, 5.41) is 0.0672. The van der Waals surface area contributed by atoms with Crippen LogP contribution in [-0.2, 0) is 35.5 Å². The minimum absolute atomic E-state index is 0.0760. The van der Waals surface area contributed by atoms with Crippen molar-refractivity contribution in [3.8, 4) is 0 Å². The van der Waals surface area contributed by atoms with Gasteiger partial charge in [0, 0.05) is 17.5 Å². The highest BCUT2D eigenvalue weighted by atomic mass is 35.5. The van der Waals surface area contributed by atoms with Crippen molar-refractivity contribution in [3.05, 3.63) is 51.5 Å². The Kier molecular flexibility index (Phi) is 7.14. The number of rotatable bonds is 6. The van der Waals surface area contributed by atoms with Crippen molar-refractivity contribution >= 4 is 57.5 Å². The summed E-state index contributed by atoms with van der Waals surface area (Å²) in [7, 11) is -4.77. The highest BCUT2D eigenvalue weighted by Crippen LogP contribution is 2.37. The molecule has 1 fully saturated rings. The quantitative estimate of drug-likeness (QED) is 0.452. The van der Waals surface area contributed by atoms with E-state index in [1.165, 1.54) is 19.1 Å². The number of hydrogen-bond donors (Lipinski definition) is 1. The fourth-order valence-corrected chi connectivity index (χ4v) is 5.33. The molecule has 0 spiro atoms. The molecule has 0 aliphatic carbocycles. The molecule has 1 aliphatic heterocycles. The van der Waals surface area contributed by atoms with Crippen LogP contribution in [0.2, 0.25) is 10.0 Å². The first kappa shape index (κ1) is 25.8. The van der Waals surface area contributed by atoms with Gasteiger partial charge in [0.2, 0.25) is 0 Å². The van der Waals surface area contributed by atoms with E-state index in [-0.39, 0.29) is 27.1 Å². The Bertz CT molecular complexity index is 1180.